The number of carbonyl (C=O) groups excluding carboxylic acids is 3. The molecule has 3 amide bonds. The normalized spacial score (nSPS) is 23.0. The SMILES string of the molecule is CCCCCCCCC=CCCCCCCCNC(=O)N1CCC(C(=O)CCNC(=O)C2OC(C)(C)OCC2(C)C)CC1N. The van der Waals surface area contributed by atoms with Crippen molar-refractivity contribution >= 4 is 17.7 Å². The molecule has 3 unspecified atom stereocenters. The van der Waals surface area contributed by atoms with Crippen molar-refractivity contribution in [2.45, 2.75) is 155 Å². The van der Waals surface area contributed by atoms with Gasteiger partial charge >= 0.3 is 6.03 Å². The van der Waals surface area contributed by atoms with Gasteiger partial charge < -0.3 is 30.7 Å². The molecule has 2 rings (SSSR count). The second kappa shape index (κ2) is 20.2. The van der Waals surface area contributed by atoms with Crippen LogP contribution < -0.4 is 16.4 Å². The summed E-state index contributed by atoms with van der Waals surface area (Å²) in [5.41, 5.74) is 5.84. The van der Waals surface area contributed by atoms with Crippen LogP contribution >= 0.6 is 0 Å². The first-order valence-electron chi connectivity index (χ1n) is 17.5. The van der Waals surface area contributed by atoms with E-state index in [0.29, 0.717) is 32.5 Å². The molecule has 3 atom stereocenters. The van der Waals surface area contributed by atoms with E-state index in [1.54, 1.807) is 18.7 Å². The van der Waals surface area contributed by atoms with Crippen molar-refractivity contribution in [1.82, 2.24) is 15.5 Å². The Kier molecular flexibility index (Phi) is 17.6. The van der Waals surface area contributed by atoms with Crippen molar-refractivity contribution < 1.29 is 23.9 Å². The number of allylic oxidation sites excluding steroid dienone is 2. The Morgan fingerprint density at radius 2 is 1.48 bits per heavy atom. The third kappa shape index (κ3) is 14.4. The molecule has 44 heavy (non-hydrogen) atoms. The third-order valence-corrected chi connectivity index (χ3v) is 8.89. The Bertz CT molecular complexity index is 890. The number of likely N-dealkylation sites (tertiary alicyclic amines) is 1. The molecule has 2 fully saturated rings. The number of piperidine rings is 1. The molecule has 0 aromatic carbocycles. The average Bonchev–Trinajstić information content (AvgIpc) is 2.98. The highest BCUT2D eigenvalue weighted by Crippen LogP contribution is 2.35. The minimum Gasteiger partial charge on any atom is -0.353 e. The lowest BCUT2D eigenvalue weighted by Gasteiger charge is -2.44. The van der Waals surface area contributed by atoms with Gasteiger partial charge in [0.15, 0.2) is 5.79 Å². The summed E-state index contributed by atoms with van der Waals surface area (Å²) in [6.07, 6.45) is 21.0. The highest BCUT2D eigenvalue weighted by molar-refractivity contribution is 5.84. The number of hydrogen-bond acceptors (Lipinski definition) is 6. The number of Topliss-reactive ketones (excluding diaryl/α,β-unsaturated/α-hetero) is 1. The maximum atomic E-state index is 12.9. The summed E-state index contributed by atoms with van der Waals surface area (Å²) >= 11 is 0. The van der Waals surface area contributed by atoms with Gasteiger partial charge in [0.05, 0.1) is 12.8 Å². The number of rotatable bonds is 20. The summed E-state index contributed by atoms with van der Waals surface area (Å²) in [5.74, 6) is -1.19. The van der Waals surface area contributed by atoms with E-state index in [4.69, 9.17) is 15.2 Å². The molecule has 0 radical (unpaired) electrons. The predicted octanol–water partition coefficient (Wildman–Crippen LogP) is 6.59. The highest BCUT2D eigenvalue weighted by atomic mass is 16.7. The second-order valence-electron chi connectivity index (χ2n) is 14.0. The van der Waals surface area contributed by atoms with Gasteiger partial charge in [-0.15, -0.1) is 0 Å². The molecule has 0 spiro atoms. The molecule has 254 valence electrons. The van der Waals surface area contributed by atoms with Crippen LogP contribution in [0, 0.1) is 11.3 Å². The number of unbranched alkanes of at least 4 members (excludes halogenated alkanes) is 11. The van der Waals surface area contributed by atoms with Gasteiger partial charge in [-0.3, -0.25) is 9.59 Å². The maximum absolute atomic E-state index is 12.9. The van der Waals surface area contributed by atoms with Crippen LogP contribution in [0.2, 0.25) is 0 Å². The van der Waals surface area contributed by atoms with Crippen LogP contribution in [0.4, 0.5) is 4.79 Å². The number of ketones is 1. The Balaban J connectivity index is 1.51. The lowest BCUT2D eigenvalue weighted by molar-refractivity contribution is -0.304. The molecule has 0 saturated carbocycles. The number of nitrogens with zero attached hydrogens (tertiary/aromatic N) is 1. The van der Waals surface area contributed by atoms with Crippen LogP contribution in [-0.2, 0) is 19.1 Å². The van der Waals surface area contributed by atoms with Crippen molar-refractivity contribution in [3.05, 3.63) is 12.2 Å². The molecule has 0 aromatic heterocycles. The highest BCUT2D eigenvalue weighted by Gasteiger charge is 2.45. The molecular weight excluding hydrogens is 556 g/mol. The van der Waals surface area contributed by atoms with Gasteiger partial charge in [0.25, 0.3) is 0 Å². The number of nitrogens with one attached hydrogen (secondary N) is 2. The molecule has 2 saturated heterocycles. The third-order valence-electron chi connectivity index (χ3n) is 8.89. The zero-order valence-electron chi connectivity index (χ0n) is 28.6. The minimum absolute atomic E-state index is 0.0709. The predicted molar refractivity (Wildman–Crippen MR) is 177 cm³/mol. The summed E-state index contributed by atoms with van der Waals surface area (Å²) in [7, 11) is 0. The standard InChI is InChI=1S/C35H64N4O5/c1-6-7-8-9-10-11-12-13-14-15-16-17-18-19-20-23-38-33(42)39-25-22-28(26-30(39)36)29(40)21-24-37-32(41)31-34(2,3)27-43-35(4,5)44-31/h13-14,28,30-31H,6-12,15-27,36H2,1-5H3,(H,37,41)(H,38,42). The topological polar surface area (TPSA) is 123 Å². The van der Waals surface area contributed by atoms with Crippen LogP contribution in [0.1, 0.15) is 137 Å². The molecule has 2 heterocycles. The van der Waals surface area contributed by atoms with Gasteiger partial charge in [0.2, 0.25) is 5.91 Å². The lowest BCUT2D eigenvalue weighted by atomic mass is 9.85. The number of amides is 3. The number of hydrogen-bond donors (Lipinski definition) is 3. The molecule has 0 aromatic rings. The first kappa shape index (κ1) is 38.2. The van der Waals surface area contributed by atoms with E-state index < -0.39 is 23.5 Å². The van der Waals surface area contributed by atoms with Crippen molar-refractivity contribution in [2.24, 2.45) is 17.1 Å². The fourth-order valence-corrected chi connectivity index (χ4v) is 5.96. The second-order valence-corrected chi connectivity index (χ2v) is 14.0. The van der Waals surface area contributed by atoms with Gasteiger partial charge in [0, 0.05) is 37.4 Å². The smallest absolute Gasteiger partial charge is 0.318 e. The van der Waals surface area contributed by atoms with Gasteiger partial charge in [-0.25, -0.2) is 4.79 Å². The largest absolute Gasteiger partial charge is 0.353 e. The van der Waals surface area contributed by atoms with Crippen LogP contribution in [0.5, 0.6) is 0 Å². The number of ether oxygens (including phenoxy) is 2. The van der Waals surface area contributed by atoms with Crippen LogP contribution in [0.25, 0.3) is 0 Å². The maximum Gasteiger partial charge on any atom is 0.318 e. The molecule has 4 N–H and O–H groups in total. The summed E-state index contributed by atoms with van der Waals surface area (Å²) in [4.78, 5) is 40.0. The Morgan fingerprint density at radius 3 is 2.11 bits per heavy atom. The van der Waals surface area contributed by atoms with Crippen LogP contribution in [0.3, 0.4) is 0 Å². The monoisotopic (exact) mass is 620 g/mol. The molecular formula is C35H64N4O5. The van der Waals surface area contributed by atoms with Crippen molar-refractivity contribution in [3.8, 4) is 0 Å². The number of carbonyl (C=O) groups is 3. The van der Waals surface area contributed by atoms with Gasteiger partial charge in [0.1, 0.15) is 11.9 Å². The van der Waals surface area contributed by atoms with Crippen molar-refractivity contribution in [2.75, 3.05) is 26.2 Å². The molecule has 0 bridgehead atoms. The lowest BCUT2D eigenvalue weighted by Crippen LogP contribution is -2.56. The van der Waals surface area contributed by atoms with E-state index in [0.717, 1.165) is 12.8 Å². The van der Waals surface area contributed by atoms with Crippen molar-refractivity contribution in [3.63, 3.8) is 0 Å². The van der Waals surface area contributed by atoms with Gasteiger partial charge in [-0.1, -0.05) is 84.3 Å². The van der Waals surface area contributed by atoms with E-state index in [1.807, 2.05) is 13.8 Å². The van der Waals surface area contributed by atoms with E-state index >= 15 is 0 Å². The minimum atomic E-state index is -0.826. The average molecular weight is 621 g/mol. The summed E-state index contributed by atoms with van der Waals surface area (Å²) in [6, 6.07) is -0.145. The zero-order chi connectivity index (χ0) is 32.4. The first-order valence-corrected chi connectivity index (χ1v) is 17.5. The Hall–Kier alpha value is -1.97. The van der Waals surface area contributed by atoms with Crippen LogP contribution in [0.15, 0.2) is 12.2 Å². The fraction of sp³-hybridized carbons (Fsp3) is 0.857. The molecule has 9 nitrogen and oxygen atoms in total. The van der Waals surface area contributed by atoms with Gasteiger partial charge in [-0.05, 0) is 58.8 Å². The number of nitrogens with two attached hydrogens (primary N) is 1. The summed E-state index contributed by atoms with van der Waals surface area (Å²) in [6.45, 7) is 11.5. The van der Waals surface area contributed by atoms with Crippen LogP contribution in [-0.4, -0.2) is 66.9 Å². The molecule has 0 aliphatic carbocycles. The first-order chi connectivity index (χ1) is 21.0. The van der Waals surface area contributed by atoms with Gasteiger partial charge in [-0.2, -0.15) is 0 Å². The molecule has 2 aliphatic rings. The van der Waals surface area contributed by atoms with E-state index in [2.05, 4.69) is 29.7 Å². The summed E-state index contributed by atoms with van der Waals surface area (Å²) in [5, 5.41) is 5.87. The quantitative estimate of drug-likeness (QED) is 0.104. The Morgan fingerprint density at radius 1 is 0.864 bits per heavy atom. The fourth-order valence-electron chi connectivity index (χ4n) is 5.96. The molecule has 2 aliphatic heterocycles. The Labute approximate surface area is 267 Å². The summed E-state index contributed by atoms with van der Waals surface area (Å²) < 4.78 is 11.6. The van der Waals surface area contributed by atoms with E-state index in [1.165, 1.54) is 70.6 Å². The zero-order valence-corrected chi connectivity index (χ0v) is 28.6. The van der Waals surface area contributed by atoms with Crippen molar-refractivity contribution in [1.29, 1.82) is 0 Å². The molecule has 9 heteroatoms. The van der Waals surface area contributed by atoms with E-state index in [-0.39, 0.29) is 36.6 Å². The van der Waals surface area contributed by atoms with E-state index in [9.17, 15) is 14.4 Å². The number of urea groups is 1.